The van der Waals surface area contributed by atoms with Crippen molar-refractivity contribution in [2.24, 2.45) is 0 Å². The molecule has 0 spiro atoms. The first-order valence-electron chi connectivity index (χ1n) is 8.26. The van der Waals surface area contributed by atoms with E-state index in [2.05, 4.69) is 21.1 Å². The van der Waals surface area contributed by atoms with E-state index >= 15 is 0 Å². The molecule has 26 heavy (non-hydrogen) atoms. The van der Waals surface area contributed by atoms with Crippen LogP contribution < -0.4 is 5.73 Å². The van der Waals surface area contributed by atoms with Gasteiger partial charge in [0.2, 0.25) is 0 Å². The standard InChI is InChI=1S/C20H17N5O/c21-19-15-8-9-20(17-6-1-3-10-22-17,18-7-2-4-11-23-18)14-16(15)25(24-19)12-5-13-26/h1-13H,14H2,(H2,21,24). The minimum Gasteiger partial charge on any atom is -0.382 e. The summed E-state index contributed by atoms with van der Waals surface area (Å²) in [7, 11) is 0. The van der Waals surface area contributed by atoms with Gasteiger partial charge in [-0.25, -0.2) is 4.68 Å². The molecule has 0 saturated heterocycles. The Morgan fingerprint density at radius 1 is 1.08 bits per heavy atom. The molecule has 0 fully saturated rings. The number of hydrogen-bond donors (Lipinski definition) is 1. The highest BCUT2D eigenvalue weighted by Gasteiger charge is 2.39. The monoisotopic (exact) mass is 343 g/mol. The summed E-state index contributed by atoms with van der Waals surface area (Å²) in [6.45, 7) is 0. The number of allylic oxidation sites excluding steroid dienone is 2. The third kappa shape index (κ3) is 2.52. The zero-order chi connectivity index (χ0) is 18.0. The Morgan fingerprint density at radius 2 is 1.77 bits per heavy atom. The fraction of sp³-hybridized carbons (Fsp3) is 0.100. The summed E-state index contributed by atoms with van der Waals surface area (Å²) in [6.07, 6.45) is 11.9. The first kappa shape index (κ1) is 16.0. The average Bonchev–Trinajstić information content (AvgIpc) is 3.02. The van der Waals surface area contributed by atoms with E-state index in [-0.39, 0.29) is 0 Å². The molecule has 0 atom stereocenters. The van der Waals surface area contributed by atoms with Crippen molar-refractivity contribution in [1.29, 1.82) is 0 Å². The van der Waals surface area contributed by atoms with E-state index in [1.807, 2.05) is 42.5 Å². The Bertz CT molecular complexity index is 950. The summed E-state index contributed by atoms with van der Waals surface area (Å²) in [4.78, 5) is 19.9. The molecule has 3 heterocycles. The van der Waals surface area contributed by atoms with Crippen LogP contribution in [0.3, 0.4) is 0 Å². The minimum atomic E-state index is -0.533. The highest BCUT2D eigenvalue weighted by atomic mass is 16.1. The number of aromatic nitrogens is 4. The van der Waals surface area contributed by atoms with Crippen molar-refractivity contribution in [1.82, 2.24) is 19.7 Å². The van der Waals surface area contributed by atoms with Crippen LogP contribution in [0.1, 0.15) is 22.6 Å². The summed E-state index contributed by atoms with van der Waals surface area (Å²) in [6, 6.07) is 11.7. The van der Waals surface area contributed by atoms with Gasteiger partial charge in [-0.1, -0.05) is 24.3 Å². The van der Waals surface area contributed by atoms with E-state index in [4.69, 9.17) is 5.73 Å². The van der Waals surface area contributed by atoms with Crippen molar-refractivity contribution in [2.45, 2.75) is 11.8 Å². The smallest absolute Gasteiger partial charge is 0.153 e. The Hall–Kier alpha value is -3.54. The number of carbonyl (C=O) groups excluding carboxylic acids is 1. The number of carbonyl (C=O) groups is 1. The van der Waals surface area contributed by atoms with Gasteiger partial charge in [0.1, 0.15) is 6.29 Å². The molecule has 0 unspecified atom stereocenters. The van der Waals surface area contributed by atoms with Crippen LogP contribution in [-0.4, -0.2) is 26.0 Å². The summed E-state index contributed by atoms with van der Waals surface area (Å²) < 4.78 is 1.66. The molecule has 0 aromatic carbocycles. The number of nitrogens with zero attached hydrogens (tertiary/aromatic N) is 4. The van der Waals surface area contributed by atoms with Crippen LogP contribution in [0.5, 0.6) is 0 Å². The maximum atomic E-state index is 10.7. The van der Waals surface area contributed by atoms with Crippen LogP contribution in [0.4, 0.5) is 5.82 Å². The van der Waals surface area contributed by atoms with Gasteiger partial charge < -0.3 is 5.73 Å². The van der Waals surface area contributed by atoms with Crippen LogP contribution in [0, 0.1) is 0 Å². The predicted molar refractivity (Wildman–Crippen MR) is 100 cm³/mol. The molecule has 0 aliphatic heterocycles. The SMILES string of the molecule is Nc1nn(C=CC=O)c2c1C=CC(c1ccccn1)(c1ccccn1)C2. The second-order valence-electron chi connectivity index (χ2n) is 6.08. The van der Waals surface area contributed by atoms with Crippen LogP contribution in [0.25, 0.3) is 12.3 Å². The molecule has 2 N–H and O–H groups in total. The molecule has 0 amide bonds. The van der Waals surface area contributed by atoms with Gasteiger partial charge in [0.15, 0.2) is 5.82 Å². The predicted octanol–water partition coefficient (Wildman–Crippen LogP) is 2.48. The van der Waals surface area contributed by atoms with Crippen molar-refractivity contribution in [3.05, 3.63) is 83.6 Å². The maximum absolute atomic E-state index is 10.7. The van der Waals surface area contributed by atoms with Crippen LogP contribution in [-0.2, 0) is 16.6 Å². The molecule has 1 aliphatic carbocycles. The topological polar surface area (TPSA) is 86.7 Å². The third-order valence-corrected chi connectivity index (χ3v) is 4.61. The fourth-order valence-corrected chi connectivity index (χ4v) is 3.38. The molecule has 128 valence electrons. The summed E-state index contributed by atoms with van der Waals surface area (Å²) >= 11 is 0. The normalized spacial score (nSPS) is 15.1. The van der Waals surface area contributed by atoms with Crippen molar-refractivity contribution in [3.8, 4) is 0 Å². The highest BCUT2D eigenvalue weighted by molar-refractivity contribution is 5.73. The Balaban J connectivity index is 1.92. The first-order chi connectivity index (χ1) is 12.7. The number of pyridine rings is 2. The number of rotatable bonds is 4. The Labute approximate surface area is 150 Å². The van der Waals surface area contributed by atoms with Gasteiger partial charge in [-0.3, -0.25) is 14.8 Å². The summed E-state index contributed by atoms with van der Waals surface area (Å²) in [5, 5.41) is 4.34. The van der Waals surface area contributed by atoms with E-state index < -0.39 is 5.41 Å². The van der Waals surface area contributed by atoms with Gasteiger partial charge >= 0.3 is 0 Å². The molecule has 6 nitrogen and oxygen atoms in total. The van der Waals surface area contributed by atoms with Gasteiger partial charge in [-0.2, -0.15) is 5.10 Å². The third-order valence-electron chi connectivity index (χ3n) is 4.61. The molecule has 3 aromatic rings. The van der Waals surface area contributed by atoms with Gasteiger partial charge in [0.25, 0.3) is 0 Å². The summed E-state index contributed by atoms with van der Waals surface area (Å²) in [5.74, 6) is 0.433. The largest absolute Gasteiger partial charge is 0.382 e. The quantitative estimate of drug-likeness (QED) is 0.581. The lowest BCUT2D eigenvalue weighted by Crippen LogP contribution is -2.33. The summed E-state index contributed by atoms with van der Waals surface area (Å²) in [5.41, 5.74) is 9.10. The Kier molecular flexibility index (Phi) is 3.93. The molecular formula is C20H17N5O. The molecule has 4 rings (SSSR count). The Morgan fingerprint density at radius 3 is 2.35 bits per heavy atom. The van der Waals surface area contributed by atoms with Gasteiger partial charge in [-0.05, 0) is 30.3 Å². The van der Waals surface area contributed by atoms with E-state index in [0.717, 1.165) is 22.6 Å². The molecule has 1 aliphatic rings. The minimum absolute atomic E-state index is 0.433. The van der Waals surface area contributed by atoms with Crippen LogP contribution >= 0.6 is 0 Å². The molecule has 0 bridgehead atoms. The van der Waals surface area contributed by atoms with E-state index in [1.165, 1.54) is 6.08 Å². The second-order valence-corrected chi connectivity index (χ2v) is 6.08. The van der Waals surface area contributed by atoms with Gasteiger partial charge in [0.05, 0.1) is 22.5 Å². The van der Waals surface area contributed by atoms with Crippen LogP contribution in [0.15, 0.2) is 60.9 Å². The number of hydrogen-bond acceptors (Lipinski definition) is 5. The molecular weight excluding hydrogens is 326 g/mol. The lowest BCUT2D eigenvalue weighted by Gasteiger charge is -2.32. The van der Waals surface area contributed by atoms with Gasteiger partial charge in [0, 0.05) is 30.6 Å². The number of fused-ring (bicyclic) bond motifs is 1. The van der Waals surface area contributed by atoms with Crippen molar-refractivity contribution in [2.75, 3.05) is 5.73 Å². The molecule has 0 saturated carbocycles. The number of anilines is 1. The van der Waals surface area contributed by atoms with Crippen molar-refractivity contribution < 1.29 is 4.79 Å². The molecule has 0 radical (unpaired) electrons. The maximum Gasteiger partial charge on any atom is 0.153 e. The number of nitrogen functional groups attached to an aromatic ring is 1. The fourth-order valence-electron chi connectivity index (χ4n) is 3.38. The van der Waals surface area contributed by atoms with Gasteiger partial charge in [-0.15, -0.1) is 0 Å². The first-order valence-corrected chi connectivity index (χ1v) is 8.26. The number of nitrogens with two attached hydrogens (primary N) is 1. The average molecular weight is 343 g/mol. The van der Waals surface area contributed by atoms with E-state index in [9.17, 15) is 4.79 Å². The number of aldehydes is 1. The highest BCUT2D eigenvalue weighted by Crippen LogP contribution is 2.41. The van der Waals surface area contributed by atoms with E-state index in [1.54, 1.807) is 23.3 Å². The second kappa shape index (κ2) is 6.40. The zero-order valence-electron chi connectivity index (χ0n) is 14.0. The molecule has 6 heteroatoms. The lowest BCUT2D eigenvalue weighted by atomic mass is 9.72. The van der Waals surface area contributed by atoms with Crippen molar-refractivity contribution >= 4 is 24.4 Å². The van der Waals surface area contributed by atoms with E-state index in [0.29, 0.717) is 18.5 Å². The van der Waals surface area contributed by atoms with Crippen LogP contribution in [0.2, 0.25) is 0 Å². The molecule has 3 aromatic heterocycles. The van der Waals surface area contributed by atoms with Crippen molar-refractivity contribution in [3.63, 3.8) is 0 Å². The lowest BCUT2D eigenvalue weighted by molar-refractivity contribution is -0.104. The zero-order valence-corrected chi connectivity index (χ0v) is 14.0.